The van der Waals surface area contributed by atoms with Crippen LogP contribution in [-0.4, -0.2) is 41.7 Å². The van der Waals surface area contributed by atoms with Crippen molar-refractivity contribution >= 4 is 5.97 Å². The van der Waals surface area contributed by atoms with E-state index in [1.54, 1.807) is 0 Å². The Morgan fingerprint density at radius 3 is 2.62 bits per heavy atom. The number of aliphatic carboxylic acids is 1. The quantitative estimate of drug-likeness (QED) is 0.647. The Balaban J connectivity index is 2.02. The second-order valence-corrected chi connectivity index (χ2v) is 3.64. The Labute approximate surface area is 78.7 Å². The summed E-state index contributed by atoms with van der Waals surface area (Å²) in [4.78, 5) is 12.8. The van der Waals surface area contributed by atoms with E-state index in [2.05, 4.69) is 4.90 Å². The number of nitrogens with zero attached hydrogens (tertiary/aromatic N) is 1. The minimum atomic E-state index is -0.888. The molecule has 0 spiro atoms. The van der Waals surface area contributed by atoms with E-state index in [0.29, 0.717) is 6.42 Å². The van der Waals surface area contributed by atoms with Gasteiger partial charge >= 0.3 is 5.97 Å². The Morgan fingerprint density at radius 1 is 1.46 bits per heavy atom. The first kappa shape index (κ1) is 10.5. The molecule has 1 aliphatic rings. The van der Waals surface area contributed by atoms with Gasteiger partial charge in [-0.3, -0.25) is 4.79 Å². The second-order valence-electron chi connectivity index (χ2n) is 3.64. The molecule has 3 N–H and O–H groups in total. The molecule has 4 nitrogen and oxygen atoms in total. The van der Waals surface area contributed by atoms with E-state index in [0.717, 1.165) is 13.0 Å². The van der Waals surface area contributed by atoms with Gasteiger partial charge in [0.2, 0.25) is 0 Å². The summed E-state index contributed by atoms with van der Waals surface area (Å²) >= 11 is 0. The predicted octanol–water partition coefficient (Wildman–Crippen LogP) is 0.274. The molecule has 0 aromatic carbocycles. The minimum Gasteiger partial charge on any atom is -0.480 e. The molecule has 76 valence electrons. The van der Waals surface area contributed by atoms with E-state index >= 15 is 0 Å². The summed E-state index contributed by atoms with van der Waals surface area (Å²) in [6, 6.07) is -0.678. The van der Waals surface area contributed by atoms with E-state index in [1.807, 2.05) is 0 Å². The van der Waals surface area contributed by atoms with Gasteiger partial charge in [-0.25, -0.2) is 0 Å². The summed E-state index contributed by atoms with van der Waals surface area (Å²) in [5, 5.41) is 8.54. The summed E-state index contributed by atoms with van der Waals surface area (Å²) in [6.45, 7) is 3.34. The summed E-state index contributed by atoms with van der Waals surface area (Å²) in [7, 11) is 0. The van der Waals surface area contributed by atoms with Crippen LogP contribution in [0.15, 0.2) is 0 Å². The molecule has 1 atom stereocenters. The molecule has 13 heavy (non-hydrogen) atoms. The SMILES string of the molecule is N[C@@H](CCCN1CCCC1)C(=O)O. The van der Waals surface area contributed by atoms with Crippen LogP contribution < -0.4 is 5.73 Å². The average Bonchev–Trinajstić information content (AvgIpc) is 2.56. The lowest BCUT2D eigenvalue weighted by atomic mass is 10.1. The zero-order chi connectivity index (χ0) is 9.68. The van der Waals surface area contributed by atoms with Crippen LogP contribution in [0, 0.1) is 0 Å². The van der Waals surface area contributed by atoms with Gasteiger partial charge in [0.15, 0.2) is 0 Å². The van der Waals surface area contributed by atoms with Crippen LogP contribution in [0.4, 0.5) is 0 Å². The van der Waals surface area contributed by atoms with Crippen LogP contribution in [0.3, 0.4) is 0 Å². The third-order valence-electron chi connectivity index (χ3n) is 2.51. The van der Waals surface area contributed by atoms with Gasteiger partial charge in [0.25, 0.3) is 0 Å². The molecule has 1 fully saturated rings. The monoisotopic (exact) mass is 186 g/mol. The molecule has 0 unspecified atom stereocenters. The number of rotatable bonds is 5. The molecule has 0 aromatic rings. The molecule has 0 aromatic heterocycles. The van der Waals surface area contributed by atoms with Crippen LogP contribution in [-0.2, 0) is 4.79 Å². The molecule has 1 saturated heterocycles. The number of nitrogens with two attached hydrogens (primary N) is 1. The summed E-state index contributed by atoms with van der Waals surface area (Å²) in [5.74, 6) is -0.888. The van der Waals surface area contributed by atoms with Crippen molar-refractivity contribution in [2.45, 2.75) is 31.7 Å². The maximum Gasteiger partial charge on any atom is 0.320 e. The largest absolute Gasteiger partial charge is 0.480 e. The average molecular weight is 186 g/mol. The first-order valence-corrected chi connectivity index (χ1v) is 4.91. The van der Waals surface area contributed by atoms with Gasteiger partial charge in [-0.2, -0.15) is 0 Å². The fraction of sp³-hybridized carbons (Fsp3) is 0.889. The standard InChI is InChI=1S/C9H18N2O2/c10-8(9(12)13)4-3-7-11-5-1-2-6-11/h8H,1-7,10H2,(H,12,13)/t8-/m0/s1. The first-order chi connectivity index (χ1) is 6.20. The number of carboxylic acid groups (broad SMARTS) is 1. The highest BCUT2D eigenvalue weighted by molar-refractivity contribution is 5.72. The highest BCUT2D eigenvalue weighted by Gasteiger charge is 2.14. The first-order valence-electron chi connectivity index (χ1n) is 4.91. The molecule has 0 saturated carbocycles. The normalized spacial score (nSPS) is 20.4. The molecule has 0 amide bonds. The lowest BCUT2D eigenvalue weighted by molar-refractivity contribution is -0.138. The topological polar surface area (TPSA) is 66.6 Å². The van der Waals surface area contributed by atoms with E-state index in [9.17, 15) is 4.79 Å². The van der Waals surface area contributed by atoms with Gasteiger partial charge < -0.3 is 15.7 Å². The molecule has 0 radical (unpaired) electrons. The number of carbonyl (C=O) groups is 1. The van der Waals surface area contributed by atoms with Crippen LogP contribution in [0.1, 0.15) is 25.7 Å². The molecule has 1 aliphatic heterocycles. The van der Waals surface area contributed by atoms with Gasteiger partial charge in [-0.05, 0) is 45.3 Å². The van der Waals surface area contributed by atoms with Crippen molar-refractivity contribution in [3.63, 3.8) is 0 Å². The van der Waals surface area contributed by atoms with Gasteiger partial charge in [-0.1, -0.05) is 0 Å². The second kappa shape index (κ2) is 5.19. The summed E-state index contributed by atoms with van der Waals surface area (Å²) in [6.07, 6.45) is 4.05. The molecule has 0 bridgehead atoms. The number of hydrogen-bond acceptors (Lipinski definition) is 3. The fourth-order valence-electron chi connectivity index (χ4n) is 1.66. The van der Waals surface area contributed by atoms with Crippen molar-refractivity contribution < 1.29 is 9.90 Å². The highest BCUT2D eigenvalue weighted by Crippen LogP contribution is 2.08. The van der Waals surface area contributed by atoms with Crippen LogP contribution >= 0.6 is 0 Å². The van der Waals surface area contributed by atoms with Crippen molar-refractivity contribution in [1.82, 2.24) is 4.90 Å². The van der Waals surface area contributed by atoms with Gasteiger partial charge in [0.1, 0.15) is 6.04 Å². The van der Waals surface area contributed by atoms with Crippen molar-refractivity contribution in [2.24, 2.45) is 5.73 Å². The summed E-state index contributed by atoms with van der Waals surface area (Å²) in [5.41, 5.74) is 5.38. The van der Waals surface area contributed by atoms with Crippen molar-refractivity contribution in [1.29, 1.82) is 0 Å². The van der Waals surface area contributed by atoms with Gasteiger partial charge in [-0.15, -0.1) is 0 Å². The minimum absolute atomic E-state index is 0.589. The van der Waals surface area contributed by atoms with E-state index < -0.39 is 12.0 Å². The Bertz CT molecular complexity index is 167. The smallest absolute Gasteiger partial charge is 0.320 e. The predicted molar refractivity (Wildman–Crippen MR) is 50.5 cm³/mol. The number of likely N-dealkylation sites (tertiary alicyclic amines) is 1. The van der Waals surface area contributed by atoms with Gasteiger partial charge in [0, 0.05) is 0 Å². The zero-order valence-electron chi connectivity index (χ0n) is 7.91. The Hall–Kier alpha value is -0.610. The molecular weight excluding hydrogens is 168 g/mol. The lowest BCUT2D eigenvalue weighted by Gasteiger charge is -2.14. The molecule has 4 heteroatoms. The fourth-order valence-corrected chi connectivity index (χ4v) is 1.66. The van der Waals surface area contributed by atoms with Crippen LogP contribution in [0.5, 0.6) is 0 Å². The number of carboxylic acids is 1. The third-order valence-corrected chi connectivity index (χ3v) is 2.51. The van der Waals surface area contributed by atoms with Crippen molar-refractivity contribution in [3.05, 3.63) is 0 Å². The third kappa shape index (κ3) is 3.74. The maximum absolute atomic E-state index is 10.4. The molecule has 1 heterocycles. The van der Waals surface area contributed by atoms with E-state index in [1.165, 1.54) is 25.9 Å². The molecule has 0 aliphatic carbocycles. The van der Waals surface area contributed by atoms with Crippen molar-refractivity contribution in [3.8, 4) is 0 Å². The van der Waals surface area contributed by atoms with Crippen LogP contribution in [0.25, 0.3) is 0 Å². The maximum atomic E-state index is 10.4. The van der Waals surface area contributed by atoms with Crippen molar-refractivity contribution in [2.75, 3.05) is 19.6 Å². The molecular formula is C9H18N2O2. The van der Waals surface area contributed by atoms with Gasteiger partial charge in [0.05, 0.1) is 0 Å². The molecule has 1 rings (SSSR count). The van der Waals surface area contributed by atoms with E-state index in [4.69, 9.17) is 10.8 Å². The zero-order valence-corrected chi connectivity index (χ0v) is 7.91. The van der Waals surface area contributed by atoms with Crippen LogP contribution in [0.2, 0.25) is 0 Å². The Kier molecular flexibility index (Phi) is 4.18. The highest BCUT2D eigenvalue weighted by atomic mass is 16.4. The lowest BCUT2D eigenvalue weighted by Crippen LogP contribution is -2.31. The summed E-state index contributed by atoms with van der Waals surface area (Å²) < 4.78 is 0. The Morgan fingerprint density at radius 2 is 2.08 bits per heavy atom. The number of hydrogen-bond donors (Lipinski definition) is 2. The van der Waals surface area contributed by atoms with E-state index in [-0.39, 0.29) is 0 Å².